The smallest absolute Gasteiger partial charge is 0.0810 e. The summed E-state index contributed by atoms with van der Waals surface area (Å²) in [6.07, 6.45) is 3.08. The minimum Gasteiger partial charge on any atom is -0.374 e. The molecule has 1 aliphatic rings. The number of benzene rings is 1. The molecule has 1 aromatic rings. The molecule has 15 heavy (non-hydrogen) atoms. The van der Waals surface area contributed by atoms with Gasteiger partial charge in [-0.1, -0.05) is 30.3 Å². The summed E-state index contributed by atoms with van der Waals surface area (Å²) in [5.74, 6) is 0. The molecule has 0 aliphatic carbocycles. The molecule has 1 saturated heterocycles. The van der Waals surface area contributed by atoms with E-state index in [1.165, 1.54) is 5.56 Å². The molecule has 2 unspecified atom stereocenters. The van der Waals surface area contributed by atoms with Crippen LogP contribution in [0.5, 0.6) is 0 Å². The van der Waals surface area contributed by atoms with Gasteiger partial charge in [0.25, 0.3) is 0 Å². The van der Waals surface area contributed by atoms with Crippen LogP contribution in [0.1, 0.15) is 25.3 Å². The Morgan fingerprint density at radius 2 is 2.13 bits per heavy atom. The number of rotatable bonds is 6. The predicted octanol–water partition coefficient (Wildman–Crippen LogP) is 2.77. The van der Waals surface area contributed by atoms with E-state index < -0.39 is 0 Å². The Kier molecular flexibility index (Phi) is 3.75. The van der Waals surface area contributed by atoms with Crippen LogP contribution in [0.25, 0.3) is 0 Å². The molecular formula is C13H18O2. The molecule has 1 heterocycles. The Morgan fingerprint density at radius 1 is 1.40 bits per heavy atom. The van der Waals surface area contributed by atoms with Crippen molar-refractivity contribution in [2.24, 2.45) is 0 Å². The van der Waals surface area contributed by atoms with Crippen molar-refractivity contribution in [2.75, 3.05) is 6.61 Å². The standard InChI is InChI=1S/C13H18O2/c1-11(7-8-13-10-15-13)14-9-12-5-3-2-4-6-12/h2-6,11,13H,7-10H2,1H3. The Balaban J connectivity index is 1.63. The topological polar surface area (TPSA) is 21.8 Å². The van der Waals surface area contributed by atoms with Crippen LogP contribution in [0.15, 0.2) is 30.3 Å². The van der Waals surface area contributed by atoms with Gasteiger partial charge in [0.05, 0.1) is 25.4 Å². The van der Waals surface area contributed by atoms with Gasteiger partial charge in [-0.25, -0.2) is 0 Å². The van der Waals surface area contributed by atoms with Crippen LogP contribution in [-0.4, -0.2) is 18.8 Å². The fraction of sp³-hybridized carbons (Fsp3) is 0.538. The molecule has 2 rings (SSSR count). The Hall–Kier alpha value is -0.860. The van der Waals surface area contributed by atoms with Gasteiger partial charge in [0.1, 0.15) is 0 Å². The van der Waals surface area contributed by atoms with Crippen LogP contribution in [-0.2, 0) is 16.1 Å². The first-order chi connectivity index (χ1) is 7.34. The van der Waals surface area contributed by atoms with Crippen LogP contribution in [0.4, 0.5) is 0 Å². The van der Waals surface area contributed by atoms with E-state index in [0.717, 1.165) is 19.4 Å². The van der Waals surface area contributed by atoms with Gasteiger partial charge in [-0.2, -0.15) is 0 Å². The van der Waals surface area contributed by atoms with E-state index in [0.29, 0.717) is 18.8 Å². The van der Waals surface area contributed by atoms with Crippen molar-refractivity contribution in [3.63, 3.8) is 0 Å². The number of ether oxygens (including phenoxy) is 2. The summed E-state index contributed by atoms with van der Waals surface area (Å²) in [5, 5.41) is 0. The molecule has 0 radical (unpaired) electrons. The molecule has 2 atom stereocenters. The van der Waals surface area contributed by atoms with Crippen molar-refractivity contribution in [3.05, 3.63) is 35.9 Å². The summed E-state index contributed by atoms with van der Waals surface area (Å²) in [7, 11) is 0. The van der Waals surface area contributed by atoms with E-state index in [-0.39, 0.29) is 0 Å². The Morgan fingerprint density at radius 3 is 2.80 bits per heavy atom. The first kappa shape index (κ1) is 10.7. The second kappa shape index (κ2) is 5.29. The summed E-state index contributed by atoms with van der Waals surface area (Å²) in [5.41, 5.74) is 1.24. The number of epoxide rings is 1. The quantitative estimate of drug-likeness (QED) is 0.667. The van der Waals surface area contributed by atoms with Gasteiger partial charge in [0, 0.05) is 0 Å². The third kappa shape index (κ3) is 4.02. The summed E-state index contributed by atoms with van der Waals surface area (Å²) < 4.78 is 10.9. The average molecular weight is 206 g/mol. The van der Waals surface area contributed by atoms with Crippen molar-refractivity contribution in [3.8, 4) is 0 Å². The van der Waals surface area contributed by atoms with E-state index in [4.69, 9.17) is 9.47 Å². The molecule has 0 aromatic heterocycles. The predicted molar refractivity (Wildman–Crippen MR) is 59.7 cm³/mol. The van der Waals surface area contributed by atoms with Crippen LogP contribution < -0.4 is 0 Å². The van der Waals surface area contributed by atoms with Gasteiger partial charge < -0.3 is 9.47 Å². The molecule has 0 bridgehead atoms. The first-order valence-electron chi connectivity index (χ1n) is 5.62. The summed E-state index contributed by atoms with van der Waals surface area (Å²) in [4.78, 5) is 0. The zero-order valence-electron chi connectivity index (χ0n) is 9.19. The lowest BCUT2D eigenvalue weighted by atomic mass is 10.2. The fourth-order valence-corrected chi connectivity index (χ4v) is 1.55. The molecule has 0 saturated carbocycles. The Labute approximate surface area is 91.2 Å². The first-order valence-corrected chi connectivity index (χ1v) is 5.62. The second-order valence-electron chi connectivity index (χ2n) is 4.14. The second-order valence-corrected chi connectivity index (χ2v) is 4.14. The summed E-state index contributed by atoms with van der Waals surface area (Å²) in [6, 6.07) is 10.3. The maximum Gasteiger partial charge on any atom is 0.0810 e. The van der Waals surface area contributed by atoms with Gasteiger partial charge in [-0.15, -0.1) is 0 Å². The molecular weight excluding hydrogens is 188 g/mol. The molecule has 0 N–H and O–H groups in total. The van der Waals surface area contributed by atoms with Gasteiger partial charge in [0.2, 0.25) is 0 Å². The minimum atomic E-state index is 0.328. The lowest BCUT2D eigenvalue weighted by Crippen LogP contribution is -2.09. The maximum absolute atomic E-state index is 5.75. The highest BCUT2D eigenvalue weighted by Crippen LogP contribution is 2.18. The van der Waals surface area contributed by atoms with Crippen molar-refractivity contribution in [1.82, 2.24) is 0 Å². The summed E-state index contributed by atoms with van der Waals surface area (Å²) in [6.45, 7) is 3.80. The monoisotopic (exact) mass is 206 g/mol. The van der Waals surface area contributed by atoms with Gasteiger partial charge in [-0.3, -0.25) is 0 Å². The van der Waals surface area contributed by atoms with Crippen LogP contribution in [0, 0.1) is 0 Å². The molecule has 1 aliphatic heterocycles. The van der Waals surface area contributed by atoms with Gasteiger partial charge in [-0.05, 0) is 25.3 Å². The van der Waals surface area contributed by atoms with Crippen molar-refractivity contribution >= 4 is 0 Å². The zero-order valence-corrected chi connectivity index (χ0v) is 9.19. The average Bonchev–Trinajstić information content (AvgIpc) is 3.09. The van der Waals surface area contributed by atoms with Crippen molar-refractivity contribution < 1.29 is 9.47 Å². The van der Waals surface area contributed by atoms with Crippen LogP contribution in [0.2, 0.25) is 0 Å². The molecule has 0 spiro atoms. The number of hydrogen-bond donors (Lipinski definition) is 0. The highest BCUT2D eigenvalue weighted by molar-refractivity contribution is 5.13. The molecule has 1 fully saturated rings. The zero-order chi connectivity index (χ0) is 10.5. The lowest BCUT2D eigenvalue weighted by molar-refractivity contribution is 0.0450. The highest BCUT2D eigenvalue weighted by atomic mass is 16.6. The van der Waals surface area contributed by atoms with Crippen LogP contribution in [0.3, 0.4) is 0 Å². The van der Waals surface area contributed by atoms with E-state index >= 15 is 0 Å². The SMILES string of the molecule is CC(CCC1CO1)OCc1ccccc1. The molecule has 82 valence electrons. The fourth-order valence-electron chi connectivity index (χ4n) is 1.55. The van der Waals surface area contributed by atoms with Crippen LogP contribution >= 0.6 is 0 Å². The lowest BCUT2D eigenvalue weighted by Gasteiger charge is -2.12. The van der Waals surface area contributed by atoms with E-state index in [1.807, 2.05) is 18.2 Å². The van der Waals surface area contributed by atoms with Gasteiger partial charge in [0.15, 0.2) is 0 Å². The highest BCUT2D eigenvalue weighted by Gasteiger charge is 2.22. The number of hydrogen-bond acceptors (Lipinski definition) is 2. The molecule has 2 nitrogen and oxygen atoms in total. The van der Waals surface area contributed by atoms with Gasteiger partial charge >= 0.3 is 0 Å². The van der Waals surface area contributed by atoms with E-state index in [2.05, 4.69) is 19.1 Å². The van der Waals surface area contributed by atoms with Crippen molar-refractivity contribution in [1.29, 1.82) is 0 Å². The molecule has 1 aromatic carbocycles. The maximum atomic E-state index is 5.75. The van der Waals surface area contributed by atoms with Crippen molar-refractivity contribution in [2.45, 2.75) is 38.6 Å². The normalized spacial score (nSPS) is 21.3. The molecule has 2 heteroatoms. The van der Waals surface area contributed by atoms with E-state index in [1.54, 1.807) is 0 Å². The summed E-state index contributed by atoms with van der Waals surface area (Å²) >= 11 is 0. The minimum absolute atomic E-state index is 0.328. The largest absolute Gasteiger partial charge is 0.374 e. The third-order valence-corrected chi connectivity index (χ3v) is 2.67. The van der Waals surface area contributed by atoms with E-state index in [9.17, 15) is 0 Å². The molecule has 0 amide bonds. The third-order valence-electron chi connectivity index (χ3n) is 2.67. The Bertz CT molecular complexity index is 280.